The number of aliphatic hydroxyl groups is 1. The van der Waals surface area contributed by atoms with Crippen molar-refractivity contribution in [1.82, 2.24) is 25.0 Å². The highest BCUT2D eigenvalue weighted by Gasteiger charge is 2.51. The Morgan fingerprint density at radius 1 is 1.23 bits per heavy atom. The van der Waals surface area contributed by atoms with Gasteiger partial charge >= 0.3 is 6.03 Å². The average Bonchev–Trinajstić information content (AvgIpc) is 3.28. The number of aryl methyl sites for hydroxylation is 1. The number of aliphatic hydroxyl groups excluding tert-OH is 1. The summed E-state index contributed by atoms with van der Waals surface area (Å²) in [4.78, 5) is 39.1. The number of aromatic amines is 1. The van der Waals surface area contributed by atoms with Gasteiger partial charge in [0.05, 0.1) is 6.54 Å². The highest BCUT2D eigenvalue weighted by atomic mass is 16.3. The van der Waals surface area contributed by atoms with Gasteiger partial charge in [0.1, 0.15) is 0 Å². The molecule has 0 bridgehead atoms. The van der Waals surface area contributed by atoms with Gasteiger partial charge in [0.25, 0.3) is 5.91 Å². The van der Waals surface area contributed by atoms with E-state index in [-0.39, 0.29) is 31.1 Å². The number of aliphatic imine (C=N–C) groups is 1. The van der Waals surface area contributed by atoms with Gasteiger partial charge in [-0.25, -0.2) is 9.79 Å². The Labute approximate surface area is 180 Å². The van der Waals surface area contributed by atoms with Gasteiger partial charge in [0, 0.05) is 43.3 Å². The van der Waals surface area contributed by atoms with E-state index in [0.29, 0.717) is 11.9 Å². The molecule has 9 nitrogen and oxygen atoms in total. The summed E-state index contributed by atoms with van der Waals surface area (Å²) >= 11 is 0. The number of hydrogen-bond acceptors (Lipinski definition) is 6. The Bertz CT molecular complexity index is 1070. The molecule has 2 aromatic rings. The normalized spacial score (nSPS) is 28.1. The number of guanidine groups is 1. The summed E-state index contributed by atoms with van der Waals surface area (Å²) in [5.41, 5.74) is 2.96. The second kappa shape index (κ2) is 7.26. The molecule has 0 radical (unpaired) electrons. The Kier molecular flexibility index (Phi) is 4.65. The van der Waals surface area contributed by atoms with Crippen LogP contribution in [0.4, 0.5) is 4.79 Å². The highest BCUT2D eigenvalue weighted by molar-refractivity contribution is 6.03. The summed E-state index contributed by atoms with van der Waals surface area (Å²) < 4.78 is 0. The van der Waals surface area contributed by atoms with E-state index in [0.717, 1.165) is 35.0 Å². The smallest absolute Gasteiger partial charge is 0.328 e. The van der Waals surface area contributed by atoms with E-state index in [4.69, 9.17) is 0 Å². The molecule has 164 valence electrons. The molecule has 1 saturated carbocycles. The van der Waals surface area contributed by atoms with Gasteiger partial charge < -0.3 is 25.2 Å². The van der Waals surface area contributed by atoms with E-state index in [1.165, 1.54) is 4.90 Å². The van der Waals surface area contributed by atoms with Crippen LogP contribution in [0.2, 0.25) is 0 Å². The number of nitrogens with one attached hydrogen (secondary N) is 2. The van der Waals surface area contributed by atoms with E-state index in [9.17, 15) is 14.7 Å². The number of urea groups is 1. The number of hydrogen-bond donors (Lipinski definition) is 3. The number of imide groups is 1. The molecule has 31 heavy (non-hydrogen) atoms. The van der Waals surface area contributed by atoms with Gasteiger partial charge in [-0.2, -0.15) is 0 Å². The quantitative estimate of drug-likeness (QED) is 0.685. The molecule has 9 heteroatoms. The molecule has 1 aromatic heterocycles. The van der Waals surface area contributed by atoms with E-state index in [2.05, 4.69) is 15.3 Å². The minimum absolute atomic E-state index is 0.191. The van der Waals surface area contributed by atoms with E-state index >= 15 is 0 Å². The molecule has 3 N–H and O–H groups in total. The van der Waals surface area contributed by atoms with E-state index in [1.54, 1.807) is 11.9 Å². The summed E-state index contributed by atoms with van der Waals surface area (Å²) in [6, 6.07) is 7.37. The molecular formula is C22H28N6O3. The van der Waals surface area contributed by atoms with Crippen LogP contribution in [-0.4, -0.2) is 81.6 Å². The van der Waals surface area contributed by atoms with Gasteiger partial charge in [0.15, 0.2) is 18.2 Å². The number of aromatic nitrogens is 1. The van der Waals surface area contributed by atoms with Crippen molar-refractivity contribution >= 4 is 28.8 Å². The lowest BCUT2D eigenvalue weighted by Gasteiger charge is -2.40. The number of nitrogens with zero attached hydrogens (tertiary/aromatic N) is 4. The van der Waals surface area contributed by atoms with Crippen molar-refractivity contribution in [3.63, 3.8) is 0 Å². The van der Waals surface area contributed by atoms with Crippen LogP contribution < -0.4 is 5.32 Å². The lowest BCUT2D eigenvalue weighted by Crippen LogP contribution is -2.64. The molecule has 2 aliphatic heterocycles. The number of rotatable bonds is 4. The summed E-state index contributed by atoms with van der Waals surface area (Å²) in [5, 5.41) is 13.7. The fourth-order valence-corrected chi connectivity index (χ4v) is 4.86. The van der Waals surface area contributed by atoms with Crippen molar-refractivity contribution in [2.45, 2.75) is 44.6 Å². The van der Waals surface area contributed by atoms with Crippen LogP contribution >= 0.6 is 0 Å². The first kappa shape index (κ1) is 19.9. The summed E-state index contributed by atoms with van der Waals surface area (Å²) in [6.45, 7) is 2.43. The molecule has 2 fully saturated rings. The number of amides is 3. The zero-order valence-electron chi connectivity index (χ0n) is 18.0. The molecule has 3 heterocycles. The molecule has 2 atom stereocenters. The monoisotopic (exact) mass is 424 g/mol. The largest absolute Gasteiger partial charge is 0.396 e. The topological polar surface area (TPSA) is 104 Å². The summed E-state index contributed by atoms with van der Waals surface area (Å²) in [6.07, 6.45) is 1.23. The van der Waals surface area contributed by atoms with Crippen molar-refractivity contribution in [2.24, 2.45) is 10.9 Å². The predicted octanol–water partition coefficient (Wildman–Crippen LogP) is 1.23. The first-order valence-corrected chi connectivity index (χ1v) is 10.7. The minimum atomic E-state index is -0.551. The SMILES string of the molecule is Cc1cccc2[nH]c(CN3C(=O)C4C(N=C(NC5CC(CO)C5)N4C)N(C)C3=O)cc12. The molecule has 5 rings (SSSR count). The third-order valence-corrected chi connectivity index (χ3v) is 6.83. The Balaban J connectivity index is 1.35. The standard InChI is InChI=1S/C22H28N6O3/c1-12-5-4-6-17-16(12)9-15(23-17)10-28-20(30)18-19(27(3)22(28)31)25-21(26(18)2)24-14-7-13(8-14)11-29/h4-6,9,13-14,18-19,23,29H,7-8,10-11H2,1-3H3,(H,24,25). The number of likely N-dealkylation sites (N-methyl/N-ethyl adjacent to an activating group) is 2. The Hall–Kier alpha value is -3.07. The van der Waals surface area contributed by atoms with Gasteiger partial charge in [-0.1, -0.05) is 12.1 Å². The summed E-state index contributed by atoms with van der Waals surface area (Å²) in [7, 11) is 3.53. The second-order valence-electron chi connectivity index (χ2n) is 8.93. The van der Waals surface area contributed by atoms with Crippen molar-refractivity contribution in [2.75, 3.05) is 20.7 Å². The second-order valence-corrected chi connectivity index (χ2v) is 8.93. The Morgan fingerprint density at radius 3 is 2.71 bits per heavy atom. The zero-order chi connectivity index (χ0) is 21.9. The van der Waals surface area contributed by atoms with Gasteiger partial charge in [-0.15, -0.1) is 0 Å². The van der Waals surface area contributed by atoms with Crippen LogP contribution in [0.25, 0.3) is 10.9 Å². The molecule has 1 aliphatic carbocycles. The van der Waals surface area contributed by atoms with Crippen LogP contribution in [0.15, 0.2) is 29.3 Å². The highest BCUT2D eigenvalue weighted by Crippen LogP contribution is 2.31. The van der Waals surface area contributed by atoms with Gasteiger partial charge in [-0.3, -0.25) is 9.69 Å². The van der Waals surface area contributed by atoms with Crippen LogP contribution in [0.3, 0.4) is 0 Å². The first-order chi connectivity index (χ1) is 14.9. The van der Waals surface area contributed by atoms with Crippen molar-refractivity contribution in [1.29, 1.82) is 0 Å². The van der Waals surface area contributed by atoms with Crippen LogP contribution in [0, 0.1) is 12.8 Å². The average molecular weight is 425 g/mol. The summed E-state index contributed by atoms with van der Waals surface area (Å²) in [5.74, 6) is 0.717. The van der Waals surface area contributed by atoms with Crippen molar-refractivity contribution < 1.29 is 14.7 Å². The maximum Gasteiger partial charge on any atom is 0.328 e. The fourth-order valence-electron chi connectivity index (χ4n) is 4.86. The fraction of sp³-hybridized carbons (Fsp3) is 0.500. The number of benzene rings is 1. The molecular weight excluding hydrogens is 396 g/mol. The van der Waals surface area contributed by atoms with Gasteiger partial charge in [-0.05, 0) is 43.4 Å². The maximum atomic E-state index is 13.4. The first-order valence-electron chi connectivity index (χ1n) is 10.7. The third-order valence-electron chi connectivity index (χ3n) is 6.83. The van der Waals surface area contributed by atoms with Crippen LogP contribution in [-0.2, 0) is 11.3 Å². The van der Waals surface area contributed by atoms with E-state index < -0.39 is 12.2 Å². The number of carbonyl (C=O) groups is 2. The van der Waals surface area contributed by atoms with Crippen molar-refractivity contribution in [3.8, 4) is 0 Å². The van der Waals surface area contributed by atoms with Gasteiger partial charge in [0.2, 0.25) is 0 Å². The van der Waals surface area contributed by atoms with Crippen molar-refractivity contribution in [3.05, 3.63) is 35.5 Å². The van der Waals surface area contributed by atoms with Crippen LogP contribution in [0.5, 0.6) is 0 Å². The number of carbonyl (C=O) groups excluding carboxylic acids is 2. The predicted molar refractivity (Wildman–Crippen MR) is 116 cm³/mol. The lowest BCUT2D eigenvalue weighted by molar-refractivity contribution is -0.137. The molecule has 1 saturated heterocycles. The third kappa shape index (κ3) is 3.15. The molecule has 1 aromatic carbocycles. The zero-order valence-corrected chi connectivity index (χ0v) is 18.0. The minimum Gasteiger partial charge on any atom is -0.396 e. The molecule has 0 spiro atoms. The molecule has 3 aliphatic rings. The maximum absolute atomic E-state index is 13.4. The van der Waals surface area contributed by atoms with Crippen LogP contribution in [0.1, 0.15) is 24.1 Å². The molecule has 2 unspecified atom stereocenters. The molecule has 3 amide bonds. The lowest BCUT2D eigenvalue weighted by atomic mass is 9.81. The van der Waals surface area contributed by atoms with E-state index in [1.807, 2.05) is 43.1 Å². The number of H-pyrrole nitrogens is 1. The Morgan fingerprint density at radius 2 is 2.00 bits per heavy atom. The number of fused-ring (bicyclic) bond motifs is 2.